The first-order valence-electron chi connectivity index (χ1n) is 22.8. The monoisotopic (exact) mass is 840 g/mol. The van der Waals surface area contributed by atoms with Crippen LogP contribution in [-0.2, 0) is 0 Å². The van der Waals surface area contributed by atoms with Gasteiger partial charge in [0.2, 0.25) is 0 Å². The maximum Gasteiger partial charge on any atom is 0.143 e. The fourth-order valence-corrected chi connectivity index (χ4v) is 11.3. The number of benzene rings is 12. The van der Waals surface area contributed by atoms with Gasteiger partial charge in [0.05, 0.1) is 0 Å². The Morgan fingerprint density at radius 1 is 0.273 bits per heavy atom. The van der Waals surface area contributed by atoms with Crippen molar-refractivity contribution in [3.05, 3.63) is 217 Å². The van der Waals surface area contributed by atoms with Crippen LogP contribution in [0.5, 0.6) is 0 Å². The van der Waals surface area contributed by atoms with Gasteiger partial charge in [-0.1, -0.05) is 193 Å². The summed E-state index contributed by atoms with van der Waals surface area (Å²) in [5.41, 5.74) is 15.3. The van der Waals surface area contributed by atoms with E-state index in [9.17, 15) is 0 Å². The van der Waals surface area contributed by atoms with Gasteiger partial charge in [-0.05, 0) is 109 Å². The third kappa shape index (κ3) is 5.24. The number of rotatable bonds is 4. The van der Waals surface area contributed by atoms with Crippen LogP contribution in [0.15, 0.2) is 215 Å². The molecule has 0 unspecified atom stereocenters. The van der Waals surface area contributed by atoms with Crippen molar-refractivity contribution in [1.29, 1.82) is 0 Å². The van der Waals surface area contributed by atoms with Crippen LogP contribution in [0.25, 0.3) is 142 Å². The average molecular weight is 841 g/mol. The van der Waals surface area contributed by atoms with Crippen LogP contribution in [-0.4, -0.2) is 0 Å². The van der Waals surface area contributed by atoms with Crippen molar-refractivity contribution in [2.24, 2.45) is 0 Å². The summed E-state index contributed by atoms with van der Waals surface area (Å²) < 4.78 is 14.3. The summed E-state index contributed by atoms with van der Waals surface area (Å²) >= 11 is 0. The number of hydrogen-bond donors (Lipinski definition) is 0. The lowest BCUT2D eigenvalue weighted by Gasteiger charge is -2.20. The van der Waals surface area contributed by atoms with Gasteiger partial charge in [-0.3, -0.25) is 0 Å². The molecule has 66 heavy (non-hydrogen) atoms. The van der Waals surface area contributed by atoms with E-state index in [1.807, 2.05) is 0 Å². The maximum atomic E-state index is 7.17. The van der Waals surface area contributed by atoms with Gasteiger partial charge in [-0.25, -0.2) is 0 Å². The molecule has 0 bridgehead atoms. The summed E-state index contributed by atoms with van der Waals surface area (Å²) in [6.07, 6.45) is 0. The largest absolute Gasteiger partial charge is 0.455 e. The lowest BCUT2D eigenvalue weighted by Crippen LogP contribution is -1.93. The quantitative estimate of drug-likeness (QED) is 0.165. The Labute approximate surface area is 380 Å². The van der Waals surface area contributed by atoms with E-state index in [1.54, 1.807) is 0 Å². The molecule has 12 aromatic carbocycles. The minimum atomic E-state index is 0.861. The fourth-order valence-electron chi connectivity index (χ4n) is 11.3. The smallest absolute Gasteiger partial charge is 0.143 e. The molecule has 0 aliphatic carbocycles. The molecular weight excluding hydrogens is 801 g/mol. The number of aryl methyl sites for hydroxylation is 2. The first kappa shape index (κ1) is 37.0. The predicted octanol–water partition coefficient (Wildman–Crippen LogP) is 18.5. The molecule has 14 aromatic rings. The average Bonchev–Trinajstić information content (AvgIpc) is 3.95. The van der Waals surface area contributed by atoms with Crippen molar-refractivity contribution in [3.8, 4) is 44.5 Å². The molecule has 0 aliphatic heterocycles. The summed E-state index contributed by atoms with van der Waals surface area (Å²) in [6.45, 7) is 4.30. The first-order chi connectivity index (χ1) is 32.6. The molecule has 0 amide bonds. The molecular formula is C64H40O2. The van der Waals surface area contributed by atoms with Crippen LogP contribution in [0, 0.1) is 13.8 Å². The van der Waals surface area contributed by atoms with Crippen LogP contribution in [0.2, 0.25) is 0 Å². The van der Waals surface area contributed by atoms with E-state index >= 15 is 0 Å². The van der Waals surface area contributed by atoms with Gasteiger partial charge in [0.15, 0.2) is 0 Å². The van der Waals surface area contributed by atoms with Gasteiger partial charge >= 0.3 is 0 Å². The van der Waals surface area contributed by atoms with E-state index in [0.717, 1.165) is 65.8 Å². The summed E-state index contributed by atoms with van der Waals surface area (Å²) in [4.78, 5) is 0. The molecule has 308 valence electrons. The summed E-state index contributed by atoms with van der Waals surface area (Å²) in [7, 11) is 0. The zero-order valence-corrected chi connectivity index (χ0v) is 36.4. The Morgan fingerprint density at radius 3 is 0.894 bits per heavy atom. The van der Waals surface area contributed by atoms with Gasteiger partial charge < -0.3 is 8.83 Å². The molecule has 2 heteroatoms. The highest BCUT2D eigenvalue weighted by molar-refractivity contribution is 6.37. The third-order valence-electron chi connectivity index (χ3n) is 14.2. The van der Waals surface area contributed by atoms with Crippen molar-refractivity contribution in [3.63, 3.8) is 0 Å². The zero-order chi connectivity index (χ0) is 43.6. The van der Waals surface area contributed by atoms with Gasteiger partial charge in [0.1, 0.15) is 22.3 Å². The highest BCUT2D eigenvalue weighted by Gasteiger charge is 2.27. The van der Waals surface area contributed by atoms with Crippen molar-refractivity contribution < 1.29 is 8.83 Å². The standard InChI is InChI=1S/C64H40O2/c1-37-27-31-39(32-28-37)56-42-15-3-7-19-46(42)59(47-20-8-4-16-43(47)56)52-35-41-36-53(60-48-21-9-5-17-44(48)57(40-33-29-38(2)30-34-40)45-18-6-10-22-49(45)60)64-62(51-24-12-14-26-55(51)66-64)58(41)61-50-23-11-13-25-54(50)65-63(52)61/h3-36H,1-2H3. The van der Waals surface area contributed by atoms with E-state index in [1.165, 1.54) is 87.6 Å². The first-order valence-corrected chi connectivity index (χ1v) is 22.8. The van der Waals surface area contributed by atoms with Gasteiger partial charge in [-0.15, -0.1) is 0 Å². The molecule has 0 spiro atoms. The second kappa shape index (κ2) is 14.0. The third-order valence-corrected chi connectivity index (χ3v) is 14.2. The fraction of sp³-hybridized carbons (Fsp3) is 0.0312. The molecule has 0 radical (unpaired) electrons. The molecule has 0 saturated heterocycles. The van der Waals surface area contributed by atoms with Crippen molar-refractivity contribution in [2.45, 2.75) is 13.8 Å². The predicted molar refractivity (Wildman–Crippen MR) is 280 cm³/mol. The van der Waals surface area contributed by atoms with Crippen molar-refractivity contribution in [2.75, 3.05) is 0 Å². The molecule has 14 rings (SSSR count). The topological polar surface area (TPSA) is 26.3 Å². The molecule has 2 nitrogen and oxygen atoms in total. The molecule has 2 heterocycles. The summed E-state index contributed by atoms with van der Waals surface area (Å²) in [5, 5.41) is 16.2. The second-order valence-corrected chi connectivity index (χ2v) is 18.0. The van der Waals surface area contributed by atoms with Crippen molar-refractivity contribution >= 4 is 97.7 Å². The van der Waals surface area contributed by atoms with Gasteiger partial charge in [0, 0.05) is 49.2 Å². The Bertz CT molecular complexity index is 3940. The molecule has 0 N–H and O–H groups in total. The minimum Gasteiger partial charge on any atom is -0.455 e. The Balaban J connectivity index is 1.19. The maximum absolute atomic E-state index is 7.17. The summed E-state index contributed by atoms with van der Waals surface area (Å²) in [6, 6.07) is 75.5. The number of para-hydroxylation sites is 2. The number of furan rings is 2. The van der Waals surface area contributed by atoms with E-state index < -0.39 is 0 Å². The van der Waals surface area contributed by atoms with E-state index in [-0.39, 0.29) is 0 Å². The SMILES string of the molecule is Cc1ccc(-c2c3ccccc3c(-c3cc4cc(-c5c6ccccc6c(-c6ccc(C)cc6)c6ccccc56)c5oc6ccccc6c5c4c4c3oc3ccccc34)c3ccccc23)cc1. The lowest BCUT2D eigenvalue weighted by atomic mass is 9.83. The van der Waals surface area contributed by atoms with Gasteiger partial charge in [0.25, 0.3) is 0 Å². The normalized spacial score (nSPS) is 12.1. The number of fused-ring (bicyclic) bond motifs is 13. The van der Waals surface area contributed by atoms with E-state index in [0.29, 0.717) is 0 Å². The van der Waals surface area contributed by atoms with Crippen LogP contribution in [0.1, 0.15) is 11.1 Å². The molecule has 2 aromatic heterocycles. The van der Waals surface area contributed by atoms with Gasteiger partial charge in [-0.2, -0.15) is 0 Å². The van der Waals surface area contributed by atoms with Crippen LogP contribution in [0.3, 0.4) is 0 Å². The van der Waals surface area contributed by atoms with Crippen LogP contribution >= 0.6 is 0 Å². The molecule has 0 saturated carbocycles. The van der Waals surface area contributed by atoms with Crippen LogP contribution in [0.4, 0.5) is 0 Å². The second-order valence-electron chi connectivity index (χ2n) is 18.0. The Kier molecular flexibility index (Phi) is 7.85. The van der Waals surface area contributed by atoms with E-state index in [2.05, 4.69) is 220 Å². The molecule has 0 atom stereocenters. The Morgan fingerprint density at radius 2 is 0.561 bits per heavy atom. The zero-order valence-electron chi connectivity index (χ0n) is 36.4. The lowest BCUT2D eigenvalue weighted by molar-refractivity contribution is 0.670. The highest BCUT2D eigenvalue weighted by Crippen LogP contribution is 2.53. The Hall–Kier alpha value is -8.46. The van der Waals surface area contributed by atoms with Crippen molar-refractivity contribution in [1.82, 2.24) is 0 Å². The number of hydrogen-bond acceptors (Lipinski definition) is 2. The molecule has 0 fully saturated rings. The minimum absolute atomic E-state index is 0.861. The van der Waals surface area contributed by atoms with E-state index in [4.69, 9.17) is 8.83 Å². The highest BCUT2D eigenvalue weighted by atomic mass is 16.3. The van der Waals surface area contributed by atoms with Crippen LogP contribution < -0.4 is 0 Å². The molecule has 0 aliphatic rings. The summed E-state index contributed by atoms with van der Waals surface area (Å²) in [5.74, 6) is 0.